The van der Waals surface area contributed by atoms with Gasteiger partial charge in [0.2, 0.25) is 0 Å². The number of halogens is 3. The minimum atomic E-state index is -3.00. The monoisotopic (exact) mass is 262 g/mol. The summed E-state index contributed by atoms with van der Waals surface area (Å²) < 4.78 is 28.4. The fraction of sp³-hybridized carbons (Fsp3) is 0.125. The summed E-state index contributed by atoms with van der Waals surface area (Å²) in [6, 6.07) is 4.55. The second kappa shape index (κ2) is 4.24. The number of hydrogen-bond donors (Lipinski definition) is 1. The van der Waals surface area contributed by atoms with E-state index in [0.29, 0.717) is 4.47 Å². The lowest BCUT2D eigenvalue weighted by atomic mass is 10.2. The number of rotatable bonds is 2. The van der Waals surface area contributed by atoms with Gasteiger partial charge in [-0.15, -0.1) is 0 Å². The summed E-state index contributed by atoms with van der Waals surface area (Å²) in [4.78, 5) is 0. The Kier molecular flexibility index (Phi) is 3.25. The third-order valence-electron chi connectivity index (χ3n) is 1.47. The van der Waals surface area contributed by atoms with Crippen LogP contribution in [0.25, 0.3) is 0 Å². The summed E-state index contributed by atoms with van der Waals surface area (Å²) in [5.74, 6) is -0.295. The van der Waals surface area contributed by atoms with Crippen molar-refractivity contribution in [2.45, 2.75) is 6.61 Å². The molecule has 1 rings (SSSR count). The maximum Gasteiger partial charge on any atom is 0.387 e. The predicted octanol–water partition coefficient (Wildman–Crippen LogP) is 2.50. The van der Waals surface area contributed by atoms with Gasteiger partial charge in [0.1, 0.15) is 6.07 Å². The maximum atomic E-state index is 11.9. The number of nitriles is 1. The van der Waals surface area contributed by atoms with Crippen molar-refractivity contribution in [3.05, 3.63) is 22.2 Å². The molecule has 0 atom stereocenters. The van der Waals surface area contributed by atoms with Gasteiger partial charge in [0.25, 0.3) is 0 Å². The molecular formula is C8H5BrF2N2O. The molecule has 0 saturated carbocycles. The Balaban J connectivity index is 3.23. The third kappa shape index (κ3) is 2.12. The zero-order chi connectivity index (χ0) is 10.7. The average molecular weight is 263 g/mol. The fourth-order valence-corrected chi connectivity index (χ4v) is 1.19. The Morgan fingerprint density at radius 1 is 1.50 bits per heavy atom. The largest absolute Gasteiger partial charge is 0.431 e. The van der Waals surface area contributed by atoms with E-state index in [9.17, 15) is 8.78 Å². The molecule has 6 heteroatoms. The lowest BCUT2D eigenvalue weighted by Gasteiger charge is -2.10. The summed E-state index contributed by atoms with van der Waals surface area (Å²) in [5.41, 5.74) is 5.42. The molecule has 0 aliphatic rings. The molecule has 0 heterocycles. The molecule has 74 valence electrons. The van der Waals surface area contributed by atoms with Gasteiger partial charge in [-0.3, -0.25) is 0 Å². The highest BCUT2D eigenvalue weighted by atomic mass is 79.9. The van der Waals surface area contributed by atoms with E-state index in [1.807, 2.05) is 0 Å². The van der Waals surface area contributed by atoms with Gasteiger partial charge in [0.15, 0.2) is 5.75 Å². The molecule has 0 saturated heterocycles. The molecule has 14 heavy (non-hydrogen) atoms. The fourth-order valence-electron chi connectivity index (χ4n) is 0.880. The summed E-state index contributed by atoms with van der Waals surface area (Å²) in [6.45, 7) is -3.00. The van der Waals surface area contributed by atoms with Crippen LogP contribution in [-0.4, -0.2) is 6.61 Å². The van der Waals surface area contributed by atoms with Crippen molar-refractivity contribution >= 4 is 21.6 Å². The molecule has 0 aliphatic carbocycles. The minimum Gasteiger partial charge on any atom is -0.431 e. The van der Waals surface area contributed by atoms with Gasteiger partial charge < -0.3 is 10.5 Å². The van der Waals surface area contributed by atoms with Gasteiger partial charge in [-0.2, -0.15) is 14.0 Å². The molecule has 0 aromatic heterocycles. The first-order valence-corrected chi connectivity index (χ1v) is 4.28. The van der Waals surface area contributed by atoms with Crippen LogP contribution in [0.2, 0.25) is 0 Å². The van der Waals surface area contributed by atoms with Crippen LogP contribution in [-0.2, 0) is 0 Å². The predicted molar refractivity (Wildman–Crippen MR) is 49.9 cm³/mol. The molecule has 0 aliphatic heterocycles. The highest BCUT2D eigenvalue weighted by Gasteiger charge is 2.14. The SMILES string of the molecule is N#Cc1ccc(Br)c(N)c1OC(F)F. The smallest absolute Gasteiger partial charge is 0.387 e. The van der Waals surface area contributed by atoms with Gasteiger partial charge in [0.05, 0.1) is 11.3 Å². The number of nitrogens with two attached hydrogens (primary N) is 1. The summed E-state index contributed by atoms with van der Waals surface area (Å²) >= 11 is 3.04. The quantitative estimate of drug-likeness (QED) is 0.834. The van der Waals surface area contributed by atoms with Crippen LogP contribution in [0.5, 0.6) is 5.75 Å². The topological polar surface area (TPSA) is 59.0 Å². The number of nitrogen functional groups attached to an aromatic ring is 1. The Morgan fingerprint density at radius 3 is 2.64 bits per heavy atom. The van der Waals surface area contributed by atoms with Gasteiger partial charge in [0, 0.05) is 4.47 Å². The van der Waals surface area contributed by atoms with Gasteiger partial charge in [-0.25, -0.2) is 0 Å². The number of alkyl halides is 2. The first kappa shape index (κ1) is 10.7. The van der Waals surface area contributed by atoms with E-state index < -0.39 is 6.61 Å². The van der Waals surface area contributed by atoms with Crippen molar-refractivity contribution in [1.82, 2.24) is 0 Å². The van der Waals surface area contributed by atoms with Crippen molar-refractivity contribution in [3.8, 4) is 11.8 Å². The zero-order valence-corrected chi connectivity index (χ0v) is 8.38. The molecule has 0 bridgehead atoms. The zero-order valence-electron chi connectivity index (χ0n) is 6.80. The van der Waals surface area contributed by atoms with Crippen molar-refractivity contribution in [1.29, 1.82) is 5.26 Å². The van der Waals surface area contributed by atoms with E-state index in [1.54, 1.807) is 6.07 Å². The Labute approximate surface area is 87.2 Å². The van der Waals surface area contributed by atoms with Crippen LogP contribution in [0.3, 0.4) is 0 Å². The van der Waals surface area contributed by atoms with Crippen LogP contribution >= 0.6 is 15.9 Å². The normalized spacial score (nSPS) is 9.93. The molecule has 0 unspecified atom stereocenters. The van der Waals surface area contributed by atoms with E-state index in [1.165, 1.54) is 12.1 Å². The van der Waals surface area contributed by atoms with Crippen LogP contribution in [0.1, 0.15) is 5.56 Å². The second-order valence-electron chi connectivity index (χ2n) is 2.33. The maximum absolute atomic E-state index is 11.9. The molecule has 2 N–H and O–H groups in total. The van der Waals surface area contributed by atoms with E-state index in [0.717, 1.165) is 0 Å². The first-order valence-electron chi connectivity index (χ1n) is 3.49. The summed E-state index contributed by atoms with van der Waals surface area (Å²) in [6.07, 6.45) is 0. The molecule has 0 radical (unpaired) electrons. The van der Waals surface area contributed by atoms with E-state index in [4.69, 9.17) is 11.0 Å². The molecule has 0 spiro atoms. The number of ether oxygens (including phenoxy) is 1. The highest BCUT2D eigenvalue weighted by Crippen LogP contribution is 2.33. The number of nitrogens with zero attached hydrogens (tertiary/aromatic N) is 1. The minimum absolute atomic E-state index is 0.00986. The summed E-state index contributed by atoms with van der Waals surface area (Å²) in [5, 5.41) is 8.60. The molecule has 0 amide bonds. The van der Waals surface area contributed by atoms with Gasteiger partial charge in [-0.05, 0) is 28.1 Å². The third-order valence-corrected chi connectivity index (χ3v) is 2.16. The van der Waals surface area contributed by atoms with Crippen LogP contribution in [0.15, 0.2) is 16.6 Å². The molecule has 3 nitrogen and oxygen atoms in total. The lowest BCUT2D eigenvalue weighted by Crippen LogP contribution is -2.06. The van der Waals surface area contributed by atoms with E-state index in [2.05, 4.69) is 20.7 Å². The molecule has 1 aromatic carbocycles. The van der Waals surface area contributed by atoms with Crippen molar-refractivity contribution in [2.24, 2.45) is 0 Å². The lowest BCUT2D eigenvalue weighted by molar-refractivity contribution is -0.0495. The Hall–Kier alpha value is -1.35. The average Bonchev–Trinajstić information content (AvgIpc) is 2.13. The number of hydrogen-bond acceptors (Lipinski definition) is 3. The summed E-state index contributed by atoms with van der Waals surface area (Å²) in [7, 11) is 0. The van der Waals surface area contributed by atoms with Gasteiger partial charge in [-0.1, -0.05) is 0 Å². The van der Waals surface area contributed by atoms with Crippen molar-refractivity contribution in [2.75, 3.05) is 5.73 Å². The van der Waals surface area contributed by atoms with E-state index >= 15 is 0 Å². The Morgan fingerprint density at radius 2 is 2.14 bits per heavy atom. The molecular weight excluding hydrogens is 258 g/mol. The molecule has 0 fully saturated rings. The van der Waals surface area contributed by atoms with Crippen LogP contribution < -0.4 is 10.5 Å². The number of benzene rings is 1. The van der Waals surface area contributed by atoms with Crippen molar-refractivity contribution in [3.63, 3.8) is 0 Å². The Bertz CT molecular complexity index is 390. The standard InChI is InChI=1S/C8H5BrF2N2O/c9-5-2-1-4(3-12)7(6(5)13)14-8(10)11/h1-2,8H,13H2. The number of anilines is 1. The highest BCUT2D eigenvalue weighted by molar-refractivity contribution is 9.10. The van der Waals surface area contributed by atoms with Crippen molar-refractivity contribution < 1.29 is 13.5 Å². The van der Waals surface area contributed by atoms with Crippen LogP contribution in [0, 0.1) is 11.3 Å². The van der Waals surface area contributed by atoms with E-state index in [-0.39, 0.29) is 17.0 Å². The first-order chi connectivity index (χ1) is 6.56. The molecule has 1 aromatic rings. The second-order valence-corrected chi connectivity index (χ2v) is 3.18. The van der Waals surface area contributed by atoms with Crippen LogP contribution in [0.4, 0.5) is 14.5 Å². The van der Waals surface area contributed by atoms with Gasteiger partial charge >= 0.3 is 6.61 Å².